The first-order chi connectivity index (χ1) is 12.0. The predicted molar refractivity (Wildman–Crippen MR) is 99.5 cm³/mol. The molecule has 3 aromatic rings. The Morgan fingerprint density at radius 1 is 1.12 bits per heavy atom. The standard InChI is InChI=1S/C19H19N5O/c1-11-6-7-15(20-4)9-16(11)23-17-8-14(10-22-19(17)21-5)18-12(2)24-25-13(18)3/h6-10,23H,1-3,5H3,(H,21,22). The van der Waals surface area contributed by atoms with Gasteiger partial charge in [-0.05, 0) is 38.5 Å². The van der Waals surface area contributed by atoms with E-state index in [1.54, 1.807) is 6.20 Å². The lowest BCUT2D eigenvalue weighted by molar-refractivity contribution is 0.393. The van der Waals surface area contributed by atoms with Crippen LogP contribution in [0.15, 0.2) is 35.0 Å². The third kappa shape index (κ3) is 3.17. The lowest BCUT2D eigenvalue weighted by Crippen LogP contribution is -2.01. The summed E-state index contributed by atoms with van der Waals surface area (Å²) in [5.74, 6) is 1.48. The molecule has 0 radical (unpaired) electrons. The number of anilines is 3. The molecule has 2 N–H and O–H groups in total. The maximum atomic E-state index is 7.20. The molecule has 0 atom stereocenters. The fourth-order valence-electron chi connectivity index (χ4n) is 2.75. The summed E-state index contributed by atoms with van der Waals surface area (Å²) >= 11 is 0. The van der Waals surface area contributed by atoms with Crippen molar-refractivity contribution in [2.45, 2.75) is 20.8 Å². The van der Waals surface area contributed by atoms with E-state index >= 15 is 0 Å². The second-order valence-corrected chi connectivity index (χ2v) is 5.81. The van der Waals surface area contributed by atoms with Crippen LogP contribution in [0.2, 0.25) is 0 Å². The molecule has 0 spiro atoms. The number of benzene rings is 1. The maximum absolute atomic E-state index is 7.20. The summed E-state index contributed by atoms with van der Waals surface area (Å²) in [6, 6.07) is 7.59. The van der Waals surface area contributed by atoms with Crippen LogP contribution < -0.4 is 10.6 Å². The number of nitrogens with zero attached hydrogens (tertiary/aromatic N) is 3. The number of hydrogen-bond acceptors (Lipinski definition) is 5. The van der Waals surface area contributed by atoms with Gasteiger partial charge in [0, 0.05) is 30.1 Å². The Morgan fingerprint density at radius 3 is 2.56 bits per heavy atom. The lowest BCUT2D eigenvalue weighted by Gasteiger charge is -2.15. The van der Waals surface area contributed by atoms with Crippen LogP contribution in [-0.2, 0) is 0 Å². The van der Waals surface area contributed by atoms with Crippen molar-refractivity contribution in [3.8, 4) is 11.1 Å². The Balaban J connectivity index is 2.07. The molecule has 0 aliphatic carbocycles. The quantitative estimate of drug-likeness (QED) is 0.658. The molecular weight excluding hydrogens is 314 g/mol. The van der Waals surface area contributed by atoms with E-state index in [1.165, 1.54) is 0 Å². The van der Waals surface area contributed by atoms with Gasteiger partial charge in [0.1, 0.15) is 11.6 Å². The second kappa shape index (κ2) is 6.65. The molecule has 6 nitrogen and oxygen atoms in total. The van der Waals surface area contributed by atoms with Crippen LogP contribution in [0.1, 0.15) is 17.0 Å². The van der Waals surface area contributed by atoms with E-state index < -0.39 is 0 Å². The van der Waals surface area contributed by atoms with E-state index in [-0.39, 0.29) is 0 Å². The van der Waals surface area contributed by atoms with Crippen molar-refractivity contribution >= 4 is 22.9 Å². The highest BCUT2D eigenvalue weighted by Gasteiger charge is 2.14. The highest BCUT2D eigenvalue weighted by atomic mass is 16.5. The van der Waals surface area contributed by atoms with Crippen molar-refractivity contribution in [1.82, 2.24) is 10.1 Å². The Kier molecular flexibility index (Phi) is 4.40. The van der Waals surface area contributed by atoms with Crippen molar-refractivity contribution in [3.05, 3.63) is 58.9 Å². The van der Waals surface area contributed by atoms with Gasteiger partial charge in [-0.2, -0.15) is 0 Å². The van der Waals surface area contributed by atoms with Crippen LogP contribution in [0.25, 0.3) is 16.0 Å². The van der Waals surface area contributed by atoms with Crippen LogP contribution >= 0.6 is 0 Å². The monoisotopic (exact) mass is 333 g/mol. The average Bonchev–Trinajstić information content (AvgIpc) is 2.95. The van der Waals surface area contributed by atoms with Crippen molar-refractivity contribution in [2.75, 3.05) is 17.7 Å². The van der Waals surface area contributed by atoms with Gasteiger partial charge in [-0.3, -0.25) is 0 Å². The van der Waals surface area contributed by atoms with Crippen molar-refractivity contribution in [1.29, 1.82) is 0 Å². The minimum Gasteiger partial charge on any atom is -0.371 e. The Morgan fingerprint density at radius 2 is 1.92 bits per heavy atom. The molecule has 25 heavy (non-hydrogen) atoms. The van der Waals surface area contributed by atoms with Crippen LogP contribution in [0.5, 0.6) is 0 Å². The fraction of sp³-hybridized carbons (Fsp3) is 0.211. The Hall–Kier alpha value is -3.33. The number of nitrogens with one attached hydrogen (secondary N) is 2. The van der Waals surface area contributed by atoms with Gasteiger partial charge in [0.25, 0.3) is 0 Å². The van der Waals surface area contributed by atoms with Crippen LogP contribution in [0, 0.1) is 27.3 Å². The summed E-state index contributed by atoms with van der Waals surface area (Å²) in [5, 5.41) is 10.5. The molecule has 2 aromatic heterocycles. The normalized spacial score (nSPS) is 10.4. The zero-order valence-electron chi connectivity index (χ0n) is 14.6. The number of aromatic nitrogens is 2. The molecule has 2 heterocycles. The molecule has 3 rings (SSSR count). The van der Waals surface area contributed by atoms with Crippen LogP contribution in [-0.4, -0.2) is 17.2 Å². The number of rotatable bonds is 4. The van der Waals surface area contributed by atoms with E-state index in [9.17, 15) is 0 Å². The van der Waals surface area contributed by atoms with Crippen molar-refractivity contribution in [3.63, 3.8) is 0 Å². The van der Waals surface area contributed by atoms with E-state index in [0.29, 0.717) is 5.69 Å². The van der Waals surface area contributed by atoms with Gasteiger partial charge in [-0.1, -0.05) is 17.3 Å². The number of pyridine rings is 1. The topological polar surface area (TPSA) is 67.3 Å². The summed E-state index contributed by atoms with van der Waals surface area (Å²) in [6.07, 6.45) is 1.80. The van der Waals surface area contributed by atoms with Gasteiger partial charge in [-0.25, -0.2) is 9.83 Å². The molecule has 0 saturated heterocycles. The minimum absolute atomic E-state index is 0.592. The van der Waals surface area contributed by atoms with Gasteiger partial charge in [0.05, 0.1) is 18.0 Å². The first-order valence-electron chi connectivity index (χ1n) is 7.89. The summed E-state index contributed by atoms with van der Waals surface area (Å²) in [7, 11) is 1.82. The largest absolute Gasteiger partial charge is 0.371 e. The molecule has 0 aliphatic heterocycles. The molecule has 0 bridgehead atoms. The van der Waals surface area contributed by atoms with E-state index in [2.05, 4.69) is 25.6 Å². The van der Waals surface area contributed by atoms with Gasteiger partial charge in [0.15, 0.2) is 5.69 Å². The number of aryl methyl sites for hydroxylation is 3. The third-order valence-corrected chi connectivity index (χ3v) is 4.07. The zero-order valence-corrected chi connectivity index (χ0v) is 14.6. The number of hydrogen-bond donors (Lipinski definition) is 2. The minimum atomic E-state index is 0.592. The molecule has 0 amide bonds. The maximum Gasteiger partial charge on any atom is 0.189 e. The fourth-order valence-corrected chi connectivity index (χ4v) is 2.75. The van der Waals surface area contributed by atoms with Gasteiger partial charge in [0.2, 0.25) is 0 Å². The first-order valence-corrected chi connectivity index (χ1v) is 7.89. The van der Waals surface area contributed by atoms with E-state index in [0.717, 1.165) is 45.3 Å². The summed E-state index contributed by atoms with van der Waals surface area (Å²) in [6.45, 7) is 13.0. The third-order valence-electron chi connectivity index (χ3n) is 4.07. The summed E-state index contributed by atoms with van der Waals surface area (Å²) in [4.78, 5) is 8.00. The SMILES string of the molecule is [C-]#[N+]c1ccc(C)c(Nc2cc(-c3c(C)noc3C)cnc2NC)c1. The van der Waals surface area contributed by atoms with Gasteiger partial charge < -0.3 is 15.2 Å². The lowest BCUT2D eigenvalue weighted by atomic mass is 10.1. The molecule has 0 fully saturated rings. The molecule has 6 heteroatoms. The van der Waals surface area contributed by atoms with E-state index in [4.69, 9.17) is 11.1 Å². The molecule has 0 aliphatic rings. The highest BCUT2D eigenvalue weighted by Crippen LogP contribution is 2.34. The smallest absolute Gasteiger partial charge is 0.189 e. The van der Waals surface area contributed by atoms with Crippen molar-refractivity contribution in [2.24, 2.45) is 0 Å². The highest BCUT2D eigenvalue weighted by molar-refractivity contribution is 5.80. The van der Waals surface area contributed by atoms with Crippen LogP contribution in [0.3, 0.4) is 0 Å². The molecule has 0 saturated carbocycles. The predicted octanol–water partition coefficient (Wildman–Crippen LogP) is 5.00. The second-order valence-electron chi connectivity index (χ2n) is 5.81. The molecule has 1 aromatic carbocycles. The van der Waals surface area contributed by atoms with Gasteiger partial charge in [-0.15, -0.1) is 0 Å². The van der Waals surface area contributed by atoms with Crippen molar-refractivity contribution < 1.29 is 4.52 Å². The molecule has 126 valence electrons. The first kappa shape index (κ1) is 16.5. The summed E-state index contributed by atoms with van der Waals surface area (Å²) in [5.41, 5.74) is 6.05. The van der Waals surface area contributed by atoms with Crippen LogP contribution in [0.4, 0.5) is 22.9 Å². The Bertz CT molecular complexity index is 949. The molecular formula is C19H19N5O. The Labute approximate surface area is 146 Å². The van der Waals surface area contributed by atoms with E-state index in [1.807, 2.05) is 52.1 Å². The van der Waals surface area contributed by atoms with Gasteiger partial charge >= 0.3 is 0 Å². The average molecular weight is 333 g/mol. The zero-order chi connectivity index (χ0) is 18.0. The molecule has 0 unspecified atom stereocenters. The summed E-state index contributed by atoms with van der Waals surface area (Å²) < 4.78 is 5.27.